The van der Waals surface area contributed by atoms with Gasteiger partial charge in [-0.25, -0.2) is 9.78 Å². The van der Waals surface area contributed by atoms with Crippen LogP contribution in [0.25, 0.3) is 11.0 Å². The Morgan fingerprint density at radius 2 is 1.64 bits per heavy atom. The fraction of sp³-hybridized carbons (Fsp3) is 0.533. The number of fused-ring (bicyclic) bond motifs is 3. The molecule has 3 aromatic rings. The predicted octanol–water partition coefficient (Wildman–Crippen LogP) is 5.92. The zero-order valence-electron chi connectivity index (χ0n) is 21.6. The molecule has 0 saturated carbocycles. The Morgan fingerprint density at radius 1 is 0.972 bits per heavy atom. The number of carboxylic acid groups (broad SMARTS) is 1. The Balaban J connectivity index is 1.21. The van der Waals surface area contributed by atoms with Gasteiger partial charge in [0.15, 0.2) is 0 Å². The SMILES string of the molecule is Cc1ccccc1C1(CCN2C3CCC2CC(n2c(C)nc4ccccc42)C3)CCN(C(=O)O)CC1. The number of rotatable bonds is 5. The third-order valence-corrected chi connectivity index (χ3v) is 9.55. The summed E-state index contributed by atoms with van der Waals surface area (Å²) in [5.41, 5.74) is 5.21. The monoisotopic (exact) mass is 486 g/mol. The van der Waals surface area contributed by atoms with Crippen molar-refractivity contribution in [2.45, 2.75) is 82.3 Å². The van der Waals surface area contributed by atoms with Gasteiger partial charge in [0.25, 0.3) is 0 Å². The minimum Gasteiger partial charge on any atom is -0.465 e. The number of carbonyl (C=O) groups is 1. The van der Waals surface area contributed by atoms with Gasteiger partial charge in [-0.05, 0) is 88.6 Å². The highest BCUT2D eigenvalue weighted by molar-refractivity contribution is 5.76. The molecule has 36 heavy (non-hydrogen) atoms. The molecule has 2 atom stereocenters. The van der Waals surface area contributed by atoms with E-state index in [1.54, 1.807) is 4.90 Å². The van der Waals surface area contributed by atoms with Crippen LogP contribution in [0, 0.1) is 13.8 Å². The summed E-state index contributed by atoms with van der Waals surface area (Å²) in [4.78, 5) is 20.9. The van der Waals surface area contributed by atoms with E-state index < -0.39 is 6.09 Å². The van der Waals surface area contributed by atoms with Crippen LogP contribution in [0.15, 0.2) is 48.5 Å². The van der Waals surface area contributed by atoms with Gasteiger partial charge in [0.2, 0.25) is 0 Å². The second kappa shape index (κ2) is 9.22. The van der Waals surface area contributed by atoms with Crippen molar-refractivity contribution in [3.8, 4) is 0 Å². The first-order valence-corrected chi connectivity index (χ1v) is 13.7. The van der Waals surface area contributed by atoms with E-state index >= 15 is 0 Å². The topological polar surface area (TPSA) is 61.6 Å². The summed E-state index contributed by atoms with van der Waals surface area (Å²) >= 11 is 0. The maximum absolute atomic E-state index is 11.6. The van der Waals surface area contributed by atoms with Crippen LogP contribution in [0.3, 0.4) is 0 Å². The molecule has 3 aliphatic heterocycles. The molecule has 6 heteroatoms. The first-order valence-electron chi connectivity index (χ1n) is 13.7. The molecule has 6 nitrogen and oxygen atoms in total. The summed E-state index contributed by atoms with van der Waals surface area (Å²) in [5.74, 6) is 1.14. The van der Waals surface area contributed by atoms with Crippen molar-refractivity contribution in [2.75, 3.05) is 19.6 Å². The maximum Gasteiger partial charge on any atom is 0.407 e. The first-order chi connectivity index (χ1) is 17.4. The van der Waals surface area contributed by atoms with Gasteiger partial charge in [-0.3, -0.25) is 4.90 Å². The molecule has 1 N–H and O–H groups in total. The summed E-state index contributed by atoms with van der Waals surface area (Å²) in [6, 6.07) is 19.1. The standard InChI is InChI=1S/C30H38N4O2/c1-21-7-3-4-8-26(21)30(13-16-32(17-14-30)29(35)36)15-18-33-23-11-12-24(33)20-25(19-23)34-22(2)31-27-9-5-6-10-28(27)34/h3-10,23-25H,11-20H2,1-2H3,(H,35,36). The number of benzene rings is 2. The van der Waals surface area contributed by atoms with Crippen LogP contribution in [0.5, 0.6) is 0 Å². The molecule has 0 aliphatic carbocycles. The third kappa shape index (κ3) is 4.00. The smallest absolute Gasteiger partial charge is 0.407 e. The van der Waals surface area contributed by atoms with Crippen molar-refractivity contribution in [1.29, 1.82) is 0 Å². The third-order valence-electron chi connectivity index (χ3n) is 9.55. The highest BCUT2D eigenvalue weighted by atomic mass is 16.4. The number of hydrogen-bond donors (Lipinski definition) is 1. The van der Waals surface area contributed by atoms with Gasteiger partial charge in [0, 0.05) is 36.6 Å². The van der Waals surface area contributed by atoms with E-state index in [1.165, 1.54) is 42.3 Å². The molecule has 190 valence electrons. The minimum absolute atomic E-state index is 0.0602. The number of piperidine rings is 2. The van der Waals surface area contributed by atoms with Crippen LogP contribution in [-0.2, 0) is 5.41 Å². The van der Waals surface area contributed by atoms with Crippen molar-refractivity contribution >= 4 is 17.1 Å². The van der Waals surface area contributed by atoms with Crippen molar-refractivity contribution < 1.29 is 9.90 Å². The van der Waals surface area contributed by atoms with Gasteiger partial charge in [-0.1, -0.05) is 36.4 Å². The molecular weight excluding hydrogens is 448 g/mol. The molecule has 6 rings (SSSR count). The lowest BCUT2D eigenvalue weighted by Gasteiger charge is -2.45. The van der Waals surface area contributed by atoms with Crippen LogP contribution in [0.2, 0.25) is 0 Å². The van der Waals surface area contributed by atoms with Gasteiger partial charge in [-0.15, -0.1) is 0 Å². The van der Waals surface area contributed by atoms with Crippen molar-refractivity contribution in [2.24, 2.45) is 0 Å². The second-order valence-electron chi connectivity index (χ2n) is 11.4. The van der Waals surface area contributed by atoms with Crippen LogP contribution in [0.4, 0.5) is 4.79 Å². The predicted molar refractivity (Wildman–Crippen MR) is 143 cm³/mol. The fourth-order valence-electron chi connectivity index (χ4n) is 7.74. The number of para-hydroxylation sites is 2. The van der Waals surface area contributed by atoms with E-state index in [9.17, 15) is 9.90 Å². The second-order valence-corrected chi connectivity index (χ2v) is 11.4. The van der Waals surface area contributed by atoms with Crippen LogP contribution >= 0.6 is 0 Å². The fourth-order valence-corrected chi connectivity index (χ4v) is 7.74. The highest BCUT2D eigenvalue weighted by Gasteiger charge is 2.44. The van der Waals surface area contributed by atoms with Crippen molar-refractivity contribution in [1.82, 2.24) is 19.4 Å². The normalized spacial score (nSPS) is 25.9. The summed E-state index contributed by atoms with van der Waals surface area (Å²) in [5, 5.41) is 9.55. The Morgan fingerprint density at radius 3 is 2.33 bits per heavy atom. The van der Waals surface area contributed by atoms with Crippen molar-refractivity contribution in [3.05, 3.63) is 65.5 Å². The average Bonchev–Trinajstić information content (AvgIpc) is 3.34. The van der Waals surface area contributed by atoms with Crippen LogP contribution in [-0.4, -0.2) is 62.3 Å². The molecule has 1 amide bonds. The number of likely N-dealkylation sites (tertiary alicyclic amines) is 1. The number of aromatic nitrogens is 2. The molecular formula is C30H38N4O2. The quantitative estimate of drug-likeness (QED) is 0.486. The number of aryl methyl sites for hydroxylation is 2. The molecule has 1 aromatic heterocycles. The van der Waals surface area contributed by atoms with E-state index in [-0.39, 0.29) is 5.41 Å². The minimum atomic E-state index is -0.782. The molecule has 0 radical (unpaired) electrons. The maximum atomic E-state index is 11.6. The van der Waals surface area contributed by atoms with E-state index in [4.69, 9.17) is 4.98 Å². The van der Waals surface area contributed by atoms with Gasteiger partial charge in [0.1, 0.15) is 5.82 Å². The molecule has 3 saturated heterocycles. The number of hydrogen-bond acceptors (Lipinski definition) is 3. The Kier molecular flexibility index (Phi) is 6.03. The average molecular weight is 487 g/mol. The first kappa shape index (κ1) is 23.5. The lowest BCUT2D eigenvalue weighted by atomic mass is 9.69. The molecule has 3 fully saturated rings. The van der Waals surface area contributed by atoms with E-state index in [1.807, 2.05) is 0 Å². The van der Waals surface area contributed by atoms with Gasteiger partial charge in [0.05, 0.1) is 11.0 Å². The lowest BCUT2D eigenvalue weighted by molar-refractivity contribution is 0.0799. The molecule has 2 bridgehead atoms. The summed E-state index contributed by atoms with van der Waals surface area (Å²) in [6.45, 7) is 6.74. The van der Waals surface area contributed by atoms with Gasteiger partial charge >= 0.3 is 6.09 Å². The molecule has 2 aromatic carbocycles. The van der Waals surface area contributed by atoms with E-state index in [0.717, 1.165) is 37.1 Å². The molecule has 2 unspecified atom stereocenters. The summed E-state index contributed by atoms with van der Waals surface area (Å²) < 4.78 is 2.51. The highest BCUT2D eigenvalue weighted by Crippen LogP contribution is 2.45. The molecule has 0 spiro atoms. The molecule has 4 heterocycles. The van der Waals surface area contributed by atoms with Gasteiger partial charge in [-0.2, -0.15) is 0 Å². The zero-order valence-corrected chi connectivity index (χ0v) is 21.6. The Labute approximate surface area is 213 Å². The van der Waals surface area contributed by atoms with Crippen LogP contribution < -0.4 is 0 Å². The van der Waals surface area contributed by atoms with E-state index in [0.29, 0.717) is 31.2 Å². The number of amides is 1. The summed E-state index contributed by atoms with van der Waals surface area (Å²) in [6.07, 6.45) is 7.12. The van der Waals surface area contributed by atoms with Crippen LogP contribution in [0.1, 0.15) is 67.9 Å². The number of nitrogens with zero attached hydrogens (tertiary/aromatic N) is 4. The Bertz CT molecular complexity index is 1240. The Hall–Kier alpha value is -2.86. The largest absolute Gasteiger partial charge is 0.465 e. The molecule has 3 aliphatic rings. The van der Waals surface area contributed by atoms with Crippen molar-refractivity contribution in [3.63, 3.8) is 0 Å². The lowest BCUT2D eigenvalue weighted by Crippen LogP contribution is -2.49. The number of imidazole rings is 1. The zero-order chi connectivity index (χ0) is 24.9. The van der Waals surface area contributed by atoms with E-state index in [2.05, 4.69) is 71.8 Å². The summed E-state index contributed by atoms with van der Waals surface area (Å²) in [7, 11) is 0. The van der Waals surface area contributed by atoms with Gasteiger partial charge < -0.3 is 14.6 Å².